The summed E-state index contributed by atoms with van der Waals surface area (Å²) in [5.41, 5.74) is 1.13. The number of ether oxygens (including phenoxy) is 2. The van der Waals surface area contributed by atoms with E-state index in [1.54, 1.807) is 0 Å². The van der Waals surface area contributed by atoms with Crippen LogP contribution in [0.4, 0.5) is 0 Å². The van der Waals surface area contributed by atoms with Gasteiger partial charge in [0.15, 0.2) is 0 Å². The Kier molecular flexibility index (Phi) is 6.32. The molecule has 0 heterocycles. The lowest BCUT2D eigenvalue weighted by Gasteiger charge is -2.27. The van der Waals surface area contributed by atoms with Crippen LogP contribution < -0.4 is 10.1 Å². The SMILES string of the molecule is CCOc1ccc(C(C)NCC(C)(C)OCC)cc1. The number of nitrogens with one attached hydrogen (secondary N) is 1. The van der Waals surface area contributed by atoms with Gasteiger partial charge in [-0.15, -0.1) is 0 Å². The Bertz CT molecular complexity index is 360. The molecule has 0 radical (unpaired) electrons. The van der Waals surface area contributed by atoms with E-state index in [1.807, 2.05) is 26.0 Å². The Morgan fingerprint density at radius 2 is 1.74 bits per heavy atom. The Morgan fingerprint density at radius 3 is 2.26 bits per heavy atom. The van der Waals surface area contributed by atoms with Crippen molar-refractivity contribution in [2.75, 3.05) is 19.8 Å². The van der Waals surface area contributed by atoms with Crippen LogP contribution in [-0.4, -0.2) is 25.4 Å². The summed E-state index contributed by atoms with van der Waals surface area (Å²) in [6.45, 7) is 12.7. The molecule has 1 aromatic rings. The van der Waals surface area contributed by atoms with Crippen LogP contribution in [0.15, 0.2) is 24.3 Å². The van der Waals surface area contributed by atoms with E-state index in [0.29, 0.717) is 12.6 Å². The Balaban J connectivity index is 2.51. The zero-order valence-corrected chi connectivity index (χ0v) is 12.8. The van der Waals surface area contributed by atoms with Crippen molar-refractivity contribution in [3.05, 3.63) is 29.8 Å². The Hall–Kier alpha value is -1.06. The normalized spacial score (nSPS) is 13.3. The van der Waals surface area contributed by atoms with E-state index in [4.69, 9.17) is 9.47 Å². The molecular weight excluding hydrogens is 238 g/mol. The molecule has 0 aliphatic carbocycles. The van der Waals surface area contributed by atoms with Crippen molar-refractivity contribution in [3.63, 3.8) is 0 Å². The summed E-state index contributed by atoms with van der Waals surface area (Å²) in [6, 6.07) is 8.55. The van der Waals surface area contributed by atoms with Gasteiger partial charge in [-0.25, -0.2) is 0 Å². The molecule has 0 saturated carbocycles. The quantitative estimate of drug-likeness (QED) is 0.779. The van der Waals surface area contributed by atoms with Crippen LogP contribution in [0.2, 0.25) is 0 Å². The van der Waals surface area contributed by atoms with Gasteiger partial charge in [0.25, 0.3) is 0 Å². The summed E-state index contributed by atoms with van der Waals surface area (Å²) < 4.78 is 11.1. The lowest BCUT2D eigenvalue weighted by Crippen LogP contribution is -2.38. The highest BCUT2D eigenvalue weighted by Crippen LogP contribution is 2.18. The molecular formula is C16H27NO2. The molecule has 0 amide bonds. The van der Waals surface area contributed by atoms with Gasteiger partial charge in [-0.05, 0) is 52.3 Å². The molecule has 0 aliphatic rings. The Morgan fingerprint density at radius 1 is 1.11 bits per heavy atom. The smallest absolute Gasteiger partial charge is 0.119 e. The van der Waals surface area contributed by atoms with E-state index in [2.05, 4.69) is 38.2 Å². The van der Waals surface area contributed by atoms with Gasteiger partial charge in [0.1, 0.15) is 5.75 Å². The van der Waals surface area contributed by atoms with Crippen molar-refractivity contribution in [1.82, 2.24) is 5.32 Å². The molecule has 1 aromatic carbocycles. The van der Waals surface area contributed by atoms with E-state index in [-0.39, 0.29) is 5.60 Å². The van der Waals surface area contributed by atoms with E-state index in [9.17, 15) is 0 Å². The zero-order valence-electron chi connectivity index (χ0n) is 12.8. The second kappa shape index (κ2) is 7.51. The summed E-state index contributed by atoms with van der Waals surface area (Å²) in [4.78, 5) is 0. The van der Waals surface area contributed by atoms with Crippen LogP contribution in [0, 0.1) is 0 Å². The topological polar surface area (TPSA) is 30.5 Å². The fourth-order valence-corrected chi connectivity index (χ4v) is 1.98. The van der Waals surface area contributed by atoms with Crippen LogP contribution in [-0.2, 0) is 4.74 Å². The molecule has 1 unspecified atom stereocenters. The van der Waals surface area contributed by atoms with Crippen LogP contribution >= 0.6 is 0 Å². The van der Waals surface area contributed by atoms with Gasteiger partial charge < -0.3 is 14.8 Å². The minimum atomic E-state index is -0.131. The van der Waals surface area contributed by atoms with Crippen molar-refractivity contribution < 1.29 is 9.47 Å². The van der Waals surface area contributed by atoms with Gasteiger partial charge in [0.2, 0.25) is 0 Å². The maximum atomic E-state index is 5.68. The van der Waals surface area contributed by atoms with Crippen molar-refractivity contribution in [2.24, 2.45) is 0 Å². The standard InChI is InChI=1S/C16H27NO2/c1-6-18-15-10-8-14(9-11-15)13(3)17-12-16(4,5)19-7-2/h8-11,13,17H,6-7,12H2,1-5H3. The van der Waals surface area contributed by atoms with Crippen molar-refractivity contribution in [3.8, 4) is 5.75 Å². The van der Waals surface area contributed by atoms with Crippen LogP contribution in [0.3, 0.4) is 0 Å². The second-order valence-corrected chi connectivity index (χ2v) is 5.30. The van der Waals surface area contributed by atoms with Gasteiger partial charge in [0.05, 0.1) is 12.2 Å². The predicted molar refractivity (Wildman–Crippen MR) is 79.7 cm³/mol. The summed E-state index contributed by atoms with van der Waals surface area (Å²) in [5.74, 6) is 0.924. The van der Waals surface area contributed by atoms with Crippen molar-refractivity contribution in [2.45, 2.75) is 46.3 Å². The van der Waals surface area contributed by atoms with Crippen molar-refractivity contribution >= 4 is 0 Å². The molecule has 0 saturated heterocycles. The first-order valence-electron chi connectivity index (χ1n) is 7.08. The lowest BCUT2D eigenvalue weighted by atomic mass is 10.1. The Labute approximate surface area is 117 Å². The summed E-state index contributed by atoms with van der Waals surface area (Å²) in [6.07, 6.45) is 0. The lowest BCUT2D eigenvalue weighted by molar-refractivity contribution is -0.0103. The molecule has 0 spiro atoms. The van der Waals surface area contributed by atoms with Gasteiger partial charge >= 0.3 is 0 Å². The summed E-state index contributed by atoms with van der Waals surface area (Å²) in [7, 11) is 0. The highest BCUT2D eigenvalue weighted by Gasteiger charge is 2.18. The maximum absolute atomic E-state index is 5.68. The summed E-state index contributed by atoms with van der Waals surface area (Å²) >= 11 is 0. The molecule has 19 heavy (non-hydrogen) atoms. The largest absolute Gasteiger partial charge is 0.494 e. The molecule has 3 heteroatoms. The molecule has 1 N–H and O–H groups in total. The summed E-state index contributed by atoms with van der Waals surface area (Å²) in [5, 5.41) is 3.51. The third-order valence-electron chi connectivity index (χ3n) is 3.06. The minimum Gasteiger partial charge on any atom is -0.494 e. The fraction of sp³-hybridized carbons (Fsp3) is 0.625. The molecule has 1 rings (SSSR count). The minimum absolute atomic E-state index is 0.131. The first kappa shape index (κ1) is 16.0. The fourth-order valence-electron chi connectivity index (χ4n) is 1.98. The van der Waals surface area contributed by atoms with E-state index in [0.717, 1.165) is 18.9 Å². The average molecular weight is 265 g/mol. The molecule has 0 aliphatic heterocycles. The molecule has 0 bridgehead atoms. The van der Waals surface area contributed by atoms with Gasteiger partial charge in [0, 0.05) is 19.2 Å². The number of rotatable bonds is 8. The van der Waals surface area contributed by atoms with Gasteiger partial charge in [-0.1, -0.05) is 12.1 Å². The molecule has 108 valence electrons. The number of hydrogen-bond acceptors (Lipinski definition) is 3. The van der Waals surface area contributed by atoms with Crippen LogP contribution in [0.25, 0.3) is 0 Å². The molecule has 3 nitrogen and oxygen atoms in total. The van der Waals surface area contributed by atoms with E-state index in [1.165, 1.54) is 5.56 Å². The third-order valence-corrected chi connectivity index (χ3v) is 3.06. The maximum Gasteiger partial charge on any atom is 0.119 e. The number of hydrogen-bond donors (Lipinski definition) is 1. The van der Waals surface area contributed by atoms with Crippen LogP contribution in [0.1, 0.15) is 46.2 Å². The monoisotopic (exact) mass is 265 g/mol. The highest BCUT2D eigenvalue weighted by atomic mass is 16.5. The van der Waals surface area contributed by atoms with E-state index >= 15 is 0 Å². The first-order chi connectivity index (χ1) is 8.98. The van der Waals surface area contributed by atoms with Gasteiger partial charge in [-0.3, -0.25) is 0 Å². The predicted octanol–water partition coefficient (Wildman–Crippen LogP) is 3.55. The first-order valence-corrected chi connectivity index (χ1v) is 7.08. The zero-order chi connectivity index (χ0) is 14.3. The molecule has 0 fully saturated rings. The number of benzene rings is 1. The van der Waals surface area contributed by atoms with Crippen LogP contribution in [0.5, 0.6) is 5.75 Å². The highest BCUT2D eigenvalue weighted by molar-refractivity contribution is 5.28. The third kappa shape index (κ3) is 5.62. The molecule has 0 aromatic heterocycles. The second-order valence-electron chi connectivity index (χ2n) is 5.30. The van der Waals surface area contributed by atoms with E-state index < -0.39 is 0 Å². The van der Waals surface area contributed by atoms with Gasteiger partial charge in [-0.2, -0.15) is 0 Å². The average Bonchev–Trinajstić information content (AvgIpc) is 2.37. The van der Waals surface area contributed by atoms with Crippen molar-refractivity contribution in [1.29, 1.82) is 0 Å². The molecule has 1 atom stereocenters.